The summed E-state index contributed by atoms with van der Waals surface area (Å²) in [7, 11) is 0. The summed E-state index contributed by atoms with van der Waals surface area (Å²) in [5.41, 5.74) is 3.71. The quantitative estimate of drug-likeness (QED) is 0.649. The molecule has 2 heteroatoms. The molecule has 3 rings (SSSR count). The molecule has 2 nitrogen and oxygen atoms in total. The lowest BCUT2D eigenvalue weighted by atomic mass is 10.1. The van der Waals surface area contributed by atoms with Crippen molar-refractivity contribution in [2.45, 2.75) is 26.2 Å². The predicted molar refractivity (Wildman–Crippen MR) is 87.6 cm³/mol. The zero-order valence-electron chi connectivity index (χ0n) is 12.4. The lowest BCUT2D eigenvalue weighted by Crippen LogP contribution is -1.97. The van der Waals surface area contributed by atoms with Crippen LogP contribution >= 0.6 is 0 Å². The van der Waals surface area contributed by atoms with Crippen molar-refractivity contribution in [2.24, 2.45) is 0 Å². The number of imidazole rings is 1. The summed E-state index contributed by atoms with van der Waals surface area (Å²) in [4.78, 5) is 4.52. The van der Waals surface area contributed by atoms with Gasteiger partial charge in [-0.3, -0.25) is 4.57 Å². The van der Waals surface area contributed by atoms with Crippen LogP contribution in [0.3, 0.4) is 0 Å². The Balaban J connectivity index is 1.97. The van der Waals surface area contributed by atoms with Gasteiger partial charge >= 0.3 is 0 Å². The van der Waals surface area contributed by atoms with E-state index in [4.69, 9.17) is 0 Å². The molecule has 0 amide bonds. The van der Waals surface area contributed by atoms with Gasteiger partial charge in [0.2, 0.25) is 0 Å². The maximum absolute atomic E-state index is 4.52. The number of hydrogen-bond donors (Lipinski definition) is 0. The van der Waals surface area contributed by atoms with Crippen LogP contribution in [0.4, 0.5) is 0 Å². The zero-order valence-corrected chi connectivity index (χ0v) is 12.4. The Morgan fingerprint density at radius 2 is 1.86 bits per heavy atom. The summed E-state index contributed by atoms with van der Waals surface area (Å²) >= 11 is 0. The van der Waals surface area contributed by atoms with Gasteiger partial charge in [-0.25, -0.2) is 4.98 Å². The van der Waals surface area contributed by atoms with E-state index in [1.165, 1.54) is 24.1 Å². The maximum atomic E-state index is 4.52. The fraction of sp³-hybridized carbons (Fsp3) is 0.211. The van der Waals surface area contributed by atoms with Crippen LogP contribution in [-0.2, 0) is 6.42 Å². The molecule has 0 aliphatic carbocycles. The largest absolute Gasteiger partial charge is 0.300 e. The van der Waals surface area contributed by atoms with E-state index in [0.717, 1.165) is 17.8 Å². The number of aryl methyl sites for hydroxylation is 1. The van der Waals surface area contributed by atoms with Crippen molar-refractivity contribution in [3.8, 4) is 17.1 Å². The first-order chi connectivity index (χ1) is 10.4. The van der Waals surface area contributed by atoms with Gasteiger partial charge in [-0.15, -0.1) is 0 Å². The van der Waals surface area contributed by atoms with Crippen molar-refractivity contribution in [1.29, 1.82) is 0 Å². The van der Waals surface area contributed by atoms with Crippen LogP contribution in [0.1, 0.15) is 25.3 Å². The normalized spacial score (nSPS) is 10.7. The number of unbranched alkanes of at least 4 members (excludes halogenated alkanes) is 1. The molecule has 0 aliphatic rings. The molecule has 0 bridgehead atoms. The second-order valence-corrected chi connectivity index (χ2v) is 5.26. The molecule has 0 spiro atoms. The summed E-state index contributed by atoms with van der Waals surface area (Å²) in [5.74, 6) is 0.989. The van der Waals surface area contributed by atoms with E-state index in [9.17, 15) is 0 Å². The fourth-order valence-corrected chi connectivity index (χ4v) is 2.56. The monoisotopic (exact) mass is 276 g/mol. The molecule has 0 aliphatic heterocycles. The van der Waals surface area contributed by atoms with Gasteiger partial charge in [0.25, 0.3) is 0 Å². The van der Waals surface area contributed by atoms with Crippen LogP contribution < -0.4 is 0 Å². The highest BCUT2D eigenvalue weighted by molar-refractivity contribution is 5.58. The van der Waals surface area contributed by atoms with Gasteiger partial charge in [-0.05, 0) is 30.5 Å². The smallest absolute Gasteiger partial charge is 0.144 e. The first-order valence-electron chi connectivity index (χ1n) is 7.56. The lowest BCUT2D eigenvalue weighted by Gasteiger charge is -2.10. The number of hydrogen-bond acceptors (Lipinski definition) is 1. The second kappa shape index (κ2) is 6.40. The molecule has 106 valence electrons. The first kappa shape index (κ1) is 13.6. The summed E-state index contributed by atoms with van der Waals surface area (Å²) in [6.45, 7) is 2.23. The first-order valence-corrected chi connectivity index (χ1v) is 7.56. The minimum Gasteiger partial charge on any atom is -0.300 e. The second-order valence-electron chi connectivity index (χ2n) is 5.26. The van der Waals surface area contributed by atoms with Crippen molar-refractivity contribution < 1.29 is 0 Å². The molecule has 0 fully saturated rings. The number of rotatable bonds is 5. The summed E-state index contributed by atoms with van der Waals surface area (Å²) < 4.78 is 2.16. The van der Waals surface area contributed by atoms with Crippen LogP contribution in [-0.4, -0.2) is 9.55 Å². The Morgan fingerprint density at radius 1 is 1.00 bits per heavy atom. The highest BCUT2D eigenvalue weighted by Crippen LogP contribution is 2.22. The van der Waals surface area contributed by atoms with Crippen LogP contribution in [0.15, 0.2) is 67.0 Å². The fourth-order valence-electron chi connectivity index (χ4n) is 2.56. The minimum atomic E-state index is 0.989. The molecule has 3 aromatic rings. The third-order valence-electron chi connectivity index (χ3n) is 3.68. The third-order valence-corrected chi connectivity index (χ3v) is 3.68. The van der Waals surface area contributed by atoms with Gasteiger partial charge in [0.15, 0.2) is 0 Å². The van der Waals surface area contributed by atoms with E-state index in [-0.39, 0.29) is 0 Å². The van der Waals surface area contributed by atoms with Crippen LogP contribution in [0.2, 0.25) is 0 Å². The highest BCUT2D eigenvalue weighted by Gasteiger charge is 2.07. The number of aromatic nitrogens is 2. The van der Waals surface area contributed by atoms with Crippen molar-refractivity contribution in [1.82, 2.24) is 9.55 Å². The van der Waals surface area contributed by atoms with Gasteiger partial charge in [-0.2, -0.15) is 0 Å². The molecule has 0 unspecified atom stereocenters. The Labute approximate surface area is 126 Å². The van der Waals surface area contributed by atoms with Crippen LogP contribution in [0, 0.1) is 0 Å². The Hall–Kier alpha value is -2.35. The molecule has 1 aromatic heterocycles. The third kappa shape index (κ3) is 3.05. The SMILES string of the molecule is CCCCc1cccc(-n2ccnc2-c2ccccc2)c1. The molecule has 2 aromatic carbocycles. The predicted octanol–water partition coefficient (Wildman–Crippen LogP) is 4.88. The van der Waals surface area contributed by atoms with Crippen molar-refractivity contribution in [3.63, 3.8) is 0 Å². The Morgan fingerprint density at radius 3 is 2.67 bits per heavy atom. The molecule has 0 N–H and O–H groups in total. The number of benzene rings is 2. The number of nitrogens with zero attached hydrogens (tertiary/aromatic N) is 2. The molecular weight excluding hydrogens is 256 g/mol. The van der Waals surface area contributed by atoms with Crippen molar-refractivity contribution in [2.75, 3.05) is 0 Å². The zero-order chi connectivity index (χ0) is 14.5. The minimum absolute atomic E-state index is 0.989. The van der Waals surface area contributed by atoms with Gasteiger partial charge in [0.05, 0.1) is 0 Å². The molecular formula is C19H20N2. The standard InChI is InChI=1S/C19H20N2/c1-2-3-8-16-9-7-12-18(15-16)21-14-13-20-19(21)17-10-5-4-6-11-17/h4-7,9-15H,2-3,8H2,1H3. The Kier molecular flexibility index (Phi) is 4.15. The van der Waals surface area contributed by atoms with Gasteiger partial charge in [-0.1, -0.05) is 55.8 Å². The highest BCUT2D eigenvalue weighted by atomic mass is 15.1. The molecule has 0 atom stereocenters. The molecule has 0 saturated carbocycles. The van der Waals surface area contributed by atoms with E-state index < -0.39 is 0 Å². The van der Waals surface area contributed by atoms with Crippen molar-refractivity contribution >= 4 is 0 Å². The Bertz CT molecular complexity index is 698. The van der Waals surface area contributed by atoms with Gasteiger partial charge in [0, 0.05) is 23.6 Å². The van der Waals surface area contributed by atoms with Gasteiger partial charge < -0.3 is 0 Å². The molecule has 1 heterocycles. The average molecular weight is 276 g/mol. The molecule has 0 radical (unpaired) electrons. The van der Waals surface area contributed by atoms with E-state index in [1.807, 2.05) is 30.6 Å². The van der Waals surface area contributed by atoms with Crippen LogP contribution in [0.25, 0.3) is 17.1 Å². The summed E-state index contributed by atoms with van der Waals surface area (Å²) in [6, 6.07) is 19.1. The lowest BCUT2D eigenvalue weighted by molar-refractivity contribution is 0.794. The van der Waals surface area contributed by atoms with E-state index in [0.29, 0.717) is 0 Å². The molecule has 21 heavy (non-hydrogen) atoms. The van der Waals surface area contributed by atoms with E-state index in [2.05, 4.69) is 52.9 Å². The average Bonchev–Trinajstić information content (AvgIpc) is 3.04. The van der Waals surface area contributed by atoms with E-state index >= 15 is 0 Å². The summed E-state index contributed by atoms with van der Waals surface area (Å²) in [6.07, 6.45) is 7.49. The molecule has 0 saturated heterocycles. The van der Waals surface area contributed by atoms with E-state index in [1.54, 1.807) is 0 Å². The van der Waals surface area contributed by atoms with Crippen LogP contribution in [0.5, 0.6) is 0 Å². The maximum Gasteiger partial charge on any atom is 0.144 e. The van der Waals surface area contributed by atoms with Crippen molar-refractivity contribution in [3.05, 3.63) is 72.6 Å². The topological polar surface area (TPSA) is 17.8 Å². The summed E-state index contributed by atoms with van der Waals surface area (Å²) in [5, 5.41) is 0. The van der Waals surface area contributed by atoms with Gasteiger partial charge in [0.1, 0.15) is 5.82 Å².